The monoisotopic (exact) mass is 509 g/mol. The molecule has 2 saturated heterocycles. The smallest absolute Gasteiger partial charge is 0.270 e. The van der Waals surface area contributed by atoms with E-state index in [1.54, 1.807) is 12.1 Å². The van der Waals surface area contributed by atoms with E-state index in [0.29, 0.717) is 19.1 Å². The van der Waals surface area contributed by atoms with Gasteiger partial charge in [0.1, 0.15) is 11.5 Å². The van der Waals surface area contributed by atoms with E-state index in [2.05, 4.69) is 21.3 Å². The Labute approximate surface area is 217 Å². The van der Waals surface area contributed by atoms with Crippen molar-refractivity contribution in [3.63, 3.8) is 0 Å². The van der Waals surface area contributed by atoms with Crippen LogP contribution < -0.4 is 10.2 Å². The first-order chi connectivity index (χ1) is 17.5. The minimum absolute atomic E-state index is 0.0742. The van der Waals surface area contributed by atoms with Gasteiger partial charge in [-0.2, -0.15) is 0 Å². The highest BCUT2D eigenvalue weighted by Gasteiger charge is 2.25. The Balaban J connectivity index is 1.12. The number of benzene rings is 2. The molecule has 36 heavy (non-hydrogen) atoms. The molecule has 6 nitrogen and oxygen atoms in total. The Kier molecular flexibility index (Phi) is 7.48. The maximum Gasteiger partial charge on any atom is 0.270 e. The summed E-state index contributed by atoms with van der Waals surface area (Å²) in [6.07, 6.45) is 4.19. The summed E-state index contributed by atoms with van der Waals surface area (Å²) in [6.45, 7) is 5.65. The number of hydrogen-bond acceptors (Lipinski definition) is 4. The van der Waals surface area contributed by atoms with Gasteiger partial charge in [-0.05, 0) is 60.9 Å². The highest BCUT2D eigenvalue weighted by Crippen LogP contribution is 2.25. The average molecular weight is 510 g/mol. The lowest BCUT2D eigenvalue weighted by Gasteiger charge is -2.36. The Bertz CT molecular complexity index is 1180. The molecule has 3 aromatic rings. The molecule has 0 aliphatic carbocycles. The molecular formula is C28H33ClFN5O. The highest BCUT2D eigenvalue weighted by atomic mass is 35.5. The van der Waals surface area contributed by atoms with Crippen molar-refractivity contribution in [1.29, 1.82) is 0 Å². The normalized spacial score (nSPS) is 17.4. The number of carbonyl (C=O) groups is 1. The number of amides is 1. The minimum atomic E-state index is -0.231. The molecule has 0 bridgehead atoms. The van der Waals surface area contributed by atoms with Crippen LogP contribution in [0.2, 0.25) is 5.02 Å². The number of piperazine rings is 1. The van der Waals surface area contributed by atoms with Gasteiger partial charge in [0.15, 0.2) is 0 Å². The van der Waals surface area contributed by atoms with E-state index >= 15 is 0 Å². The number of nitrogens with one attached hydrogen (secondary N) is 1. The van der Waals surface area contributed by atoms with Crippen LogP contribution in [-0.2, 0) is 13.6 Å². The molecule has 0 saturated carbocycles. The van der Waals surface area contributed by atoms with Crippen molar-refractivity contribution in [2.75, 3.05) is 49.5 Å². The van der Waals surface area contributed by atoms with Crippen LogP contribution >= 0.6 is 11.6 Å². The van der Waals surface area contributed by atoms with E-state index in [1.807, 2.05) is 46.8 Å². The van der Waals surface area contributed by atoms with Crippen LogP contribution in [0.5, 0.6) is 0 Å². The van der Waals surface area contributed by atoms with Crippen molar-refractivity contribution in [2.45, 2.75) is 25.4 Å². The molecule has 2 aromatic carbocycles. The minimum Gasteiger partial charge on any atom is -0.381 e. The summed E-state index contributed by atoms with van der Waals surface area (Å²) < 4.78 is 15.2. The SMILES string of the molecule is Cn1cc(CN2CCC(Nc3ccccc3Cl)CC2)cc1C(=O)N1CCN(c2ccc(F)cc2)CC1. The summed E-state index contributed by atoms with van der Waals surface area (Å²) in [6, 6.07) is 16.9. The molecule has 0 unspecified atom stereocenters. The van der Waals surface area contributed by atoms with Crippen LogP contribution in [0.3, 0.4) is 0 Å². The summed E-state index contributed by atoms with van der Waals surface area (Å²) >= 11 is 6.30. The molecule has 2 aliphatic heterocycles. The number of anilines is 2. The van der Waals surface area contributed by atoms with Gasteiger partial charge < -0.3 is 19.7 Å². The van der Waals surface area contributed by atoms with Gasteiger partial charge in [-0.3, -0.25) is 9.69 Å². The van der Waals surface area contributed by atoms with Crippen LogP contribution in [0.1, 0.15) is 28.9 Å². The second kappa shape index (κ2) is 10.9. The van der Waals surface area contributed by atoms with E-state index in [-0.39, 0.29) is 11.7 Å². The van der Waals surface area contributed by atoms with E-state index in [1.165, 1.54) is 17.7 Å². The molecule has 5 rings (SSSR count). The van der Waals surface area contributed by atoms with Crippen molar-refractivity contribution in [1.82, 2.24) is 14.4 Å². The van der Waals surface area contributed by atoms with Crippen molar-refractivity contribution in [2.24, 2.45) is 7.05 Å². The van der Waals surface area contributed by atoms with Gasteiger partial charge in [0, 0.05) is 70.8 Å². The molecule has 2 aliphatic rings. The number of nitrogens with zero attached hydrogens (tertiary/aromatic N) is 4. The number of rotatable bonds is 6. The fraction of sp³-hybridized carbons (Fsp3) is 0.393. The molecule has 0 atom stereocenters. The zero-order chi connectivity index (χ0) is 25.1. The molecule has 0 radical (unpaired) electrons. The second-order valence-corrected chi connectivity index (χ2v) is 10.2. The molecule has 3 heterocycles. The molecule has 0 spiro atoms. The maximum absolute atomic E-state index is 13.3. The largest absolute Gasteiger partial charge is 0.381 e. The van der Waals surface area contributed by atoms with Gasteiger partial charge in [-0.1, -0.05) is 23.7 Å². The number of hydrogen-bond donors (Lipinski definition) is 1. The fourth-order valence-electron chi connectivity index (χ4n) is 5.21. The van der Waals surface area contributed by atoms with E-state index < -0.39 is 0 Å². The molecule has 1 aromatic heterocycles. The fourth-order valence-corrected chi connectivity index (χ4v) is 5.40. The topological polar surface area (TPSA) is 43.8 Å². The lowest BCUT2D eigenvalue weighted by molar-refractivity contribution is 0.0737. The number of halogens is 2. The van der Waals surface area contributed by atoms with Crippen LogP contribution in [0, 0.1) is 5.82 Å². The van der Waals surface area contributed by atoms with Gasteiger partial charge in [-0.15, -0.1) is 0 Å². The summed E-state index contributed by atoms with van der Waals surface area (Å²) in [4.78, 5) is 19.8. The zero-order valence-corrected chi connectivity index (χ0v) is 21.4. The van der Waals surface area contributed by atoms with Crippen LogP contribution in [0.4, 0.5) is 15.8 Å². The number of likely N-dealkylation sites (tertiary alicyclic amines) is 1. The molecule has 8 heteroatoms. The van der Waals surface area contributed by atoms with Crippen molar-refractivity contribution in [3.8, 4) is 0 Å². The summed E-state index contributed by atoms with van der Waals surface area (Å²) in [5, 5.41) is 4.34. The van der Waals surface area contributed by atoms with Gasteiger partial charge in [-0.25, -0.2) is 4.39 Å². The van der Waals surface area contributed by atoms with Crippen LogP contribution in [0.15, 0.2) is 60.8 Å². The first-order valence-corrected chi connectivity index (χ1v) is 13.0. The Morgan fingerprint density at radius 1 is 1.00 bits per heavy atom. The summed E-state index contributed by atoms with van der Waals surface area (Å²) in [5.74, 6) is -0.157. The predicted molar refractivity (Wildman–Crippen MR) is 143 cm³/mol. The van der Waals surface area contributed by atoms with Gasteiger partial charge in [0.05, 0.1) is 10.7 Å². The predicted octanol–water partition coefficient (Wildman–Crippen LogP) is 4.86. The van der Waals surface area contributed by atoms with E-state index in [9.17, 15) is 9.18 Å². The Hall–Kier alpha value is -3.03. The third kappa shape index (κ3) is 5.68. The van der Waals surface area contributed by atoms with Gasteiger partial charge in [0.25, 0.3) is 5.91 Å². The molecule has 2 fully saturated rings. The van der Waals surface area contributed by atoms with Crippen molar-refractivity contribution in [3.05, 3.63) is 82.9 Å². The third-order valence-electron chi connectivity index (χ3n) is 7.27. The van der Waals surface area contributed by atoms with Gasteiger partial charge >= 0.3 is 0 Å². The molecule has 1 N–H and O–H groups in total. The zero-order valence-electron chi connectivity index (χ0n) is 20.7. The summed E-state index contributed by atoms with van der Waals surface area (Å²) in [7, 11) is 1.95. The van der Waals surface area contributed by atoms with Crippen molar-refractivity contribution < 1.29 is 9.18 Å². The first-order valence-electron chi connectivity index (χ1n) is 12.6. The standard InChI is InChI=1S/C28H33ClFN5O/c1-32-19-21(20-33-12-10-23(11-13-33)31-26-5-3-2-4-25(26)29)18-27(32)28(36)35-16-14-34(15-17-35)24-8-6-22(30)7-9-24/h2-9,18-19,23,31H,10-17,20H2,1H3. The number of carbonyl (C=O) groups excluding carboxylic acids is 1. The quantitative estimate of drug-likeness (QED) is 0.515. The number of aromatic nitrogens is 1. The highest BCUT2D eigenvalue weighted by molar-refractivity contribution is 6.33. The number of aryl methyl sites for hydroxylation is 1. The Morgan fingerprint density at radius 2 is 1.69 bits per heavy atom. The second-order valence-electron chi connectivity index (χ2n) is 9.77. The molecule has 1 amide bonds. The van der Waals surface area contributed by atoms with Gasteiger partial charge in [0.2, 0.25) is 0 Å². The molecule has 190 valence electrons. The lowest BCUT2D eigenvalue weighted by Crippen LogP contribution is -2.49. The molecular weight excluding hydrogens is 477 g/mol. The van der Waals surface area contributed by atoms with Crippen LogP contribution in [-0.4, -0.2) is 65.6 Å². The maximum atomic E-state index is 13.3. The third-order valence-corrected chi connectivity index (χ3v) is 7.60. The first kappa shape index (κ1) is 24.7. The van der Waals surface area contributed by atoms with Crippen LogP contribution in [0.25, 0.3) is 0 Å². The summed E-state index contributed by atoms with van der Waals surface area (Å²) in [5.41, 5.74) is 3.90. The van der Waals surface area contributed by atoms with E-state index in [0.717, 1.165) is 67.7 Å². The lowest BCUT2D eigenvalue weighted by atomic mass is 10.0. The Morgan fingerprint density at radius 3 is 2.39 bits per heavy atom. The average Bonchev–Trinajstić information content (AvgIpc) is 3.26. The van der Waals surface area contributed by atoms with Crippen molar-refractivity contribution >= 4 is 28.9 Å². The number of piperidine rings is 1. The van der Waals surface area contributed by atoms with E-state index in [4.69, 9.17) is 11.6 Å². The number of para-hydroxylation sites is 1.